The molecule has 0 saturated carbocycles. The molecule has 0 aliphatic carbocycles. The number of aliphatic imine (C=N–C) groups is 2. The van der Waals surface area contributed by atoms with Crippen molar-refractivity contribution < 1.29 is 13.2 Å². The van der Waals surface area contributed by atoms with Gasteiger partial charge in [0, 0.05) is 13.1 Å². The Kier molecular flexibility index (Phi) is 5.62. The summed E-state index contributed by atoms with van der Waals surface area (Å²) in [5.41, 5.74) is 17.4. The summed E-state index contributed by atoms with van der Waals surface area (Å²) in [4.78, 5) is 10.1. The molecule has 9 nitrogen and oxygen atoms in total. The van der Waals surface area contributed by atoms with Crippen molar-refractivity contribution in [2.75, 3.05) is 37.0 Å². The SMILES string of the molecule is CCS(=O)(=O)c1ccc(N2CCOCC2)c(N=C(N)N=C(N)N)c1. The molecule has 1 aliphatic heterocycles. The van der Waals surface area contributed by atoms with Gasteiger partial charge in [0.1, 0.15) is 0 Å². The predicted molar refractivity (Wildman–Crippen MR) is 94.3 cm³/mol. The van der Waals surface area contributed by atoms with E-state index >= 15 is 0 Å². The summed E-state index contributed by atoms with van der Waals surface area (Å²) in [6, 6.07) is 4.77. The van der Waals surface area contributed by atoms with E-state index in [9.17, 15) is 8.42 Å². The van der Waals surface area contributed by atoms with Gasteiger partial charge in [0.15, 0.2) is 15.8 Å². The van der Waals surface area contributed by atoms with Crippen LogP contribution in [0.15, 0.2) is 33.1 Å². The van der Waals surface area contributed by atoms with Gasteiger partial charge in [-0.2, -0.15) is 4.99 Å². The highest BCUT2D eigenvalue weighted by Gasteiger charge is 2.19. The van der Waals surface area contributed by atoms with Crippen molar-refractivity contribution in [3.63, 3.8) is 0 Å². The Labute approximate surface area is 141 Å². The Morgan fingerprint density at radius 2 is 1.92 bits per heavy atom. The Morgan fingerprint density at radius 3 is 2.50 bits per heavy atom. The maximum atomic E-state index is 12.1. The van der Waals surface area contributed by atoms with Crippen LogP contribution in [0.2, 0.25) is 0 Å². The van der Waals surface area contributed by atoms with Crippen LogP contribution >= 0.6 is 0 Å². The second-order valence-corrected chi connectivity index (χ2v) is 7.44. The third kappa shape index (κ3) is 4.36. The number of hydrogen-bond acceptors (Lipinski definition) is 5. The van der Waals surface area contributed by atoms with E-state index in [2.05, 4.69) is 9.98 Å². The first kappa shape index (κ1) is 18.0. The van der Waals surface area contributed by atoms with Crippen molar-refractivity contribution in [1.82, 2.24) is 0 Å². The number of hydrogen-bond donors (Lipinski definition) is 3. The van der Waals surface area contributed by atoms with Gasteiger partial charge < -0.3 is 26.8 Å². The molecule has 0 unspecified atom stereocenters. The van der Waals surface area contributed by atoms with Crippen molar-refractivity contribution in [3.8, 4) is 0 Å². The van der Waals surface area contributed by atoms with Crippen LogP contribution in [0.5, 0.6) is 0 Å². The lowest BCUT2D eigenvalue weighted by molar-refractivity contribution is 0.123. The smallest absolute Gasteiger partial charge is 0.223 e. The summed E-state index contributed by atoms with van der Waals surface area (Å²) in [6.45, 7) is 4.10. The van der Waals surface area contributed by atoms with Crippen molar-refractivity contribution in [2.24, 2.45) is 27.2 Å². The lowest BCUT2D eigenvalue weighted by Crippen LogP contribution is -2.36. The number of rotatable bonds is 4. The Bertz CT molecular complexity index is 750. The van der Waals surface area contributed by atoms with Crippen molar-refractivity contribution in [3.05, 3.63) is 18.2 Å². The van der Waals surface area contributed by atoms with Gasteiger partial charge in [-0.25, -0.2) is 13.4 Å². The fourth-order valence-corrected chi connectivity index (χ4v) is 3.21. The van der Waals surface area contributed by atoms with Crippen LogP contribution in [-0.4, -0.2) is 52.4 Å². The fraction of sp³-hybridized carbons (Fsp3) is 0.429. The molecule has 1 aromatic carbocycles. The first-order valence-corrected chi connectivity index (χ1v) is 9.12. The third-order valence-electron chi connectivity index (χ3n) is 3.52. The molecule has 6 N–H and O–H groups in total. The maximum absolute atomic E-state index is 12.1. The van der Waals surface area contributed by atoms with Crippen molar-refractivity contribution >= 4 is 33.1 Å². The summed E-state index contributed by atoms with van der Waals surface area (Å²) in [7, 11) is -3.37. The standard InChI is InChI=1S/C14H22N6O3S/c1-2-24(21,22)10-3-4-12(20-5-7-23-8-6-20)11(9-10)18-14(17)19-13(15)16/h3-4,9H,2,5-8H2,1H3,(H6,15,16,17,18,19). The largest absolute Gasteiger partial charge is 0.378 e. The number of nitrogens with two attached hydrogens (primary N) is 3. The molecule has 0 bridgehead atoms. The highest BCUT2D eigenvalue weighted by Crippen LogP contribution is 2.32. The fourth-order valence-electron chi connectivity index (χ4n) is 2.31. The van der Waals surface area contributed by atoms with Crippen LogP contribution in [0.1, 0.15) is 6.92 Å². The monoisotopic (exact) mass is 354 g/mol. The maximum Gasteiger partial charge on any atom is 0.223 e. The average Bonchev–Trinajstić information content (AvgIpc) is 2.54. The molecule has 0 aromatic heterocycles. The zero-order valence-corrected chi connectivity index (χ0v) is 14.3. The molecule has 0 radical (unpaired) electrons. The Balaban J connectivity index is 2.52. The van der Waals surface area contributed by atoms with Crippen molar-refractivity contribution in [1.29, 1.82) is 0 Å². The van der Waals surface area contributed by atoms with Crippen LogP contribution in [0.25, 0.3) is 0 Å². The Hall–Kier alpha value is -2.33. The van der Waals surface area contributed by atoms with Crippen LogP contribution in [-0.2, 0) is 14.6 Å². The molecule has 0 spiro atoms. The predicted octanol–water partition coefficient (Wildman–Crippen LogP) is -0.464. The van der Waals surface area contributed by atoms with Gasteiger partial charge in [-0.05, 0) is 18.2 Å². The summed E-state index contributed by atoms with van der Waals surface area (Å²) in [6.07, 6.45) is 0. The van der Waals surface area contributed by atoms with Gasteiger partial charge in [0.05, 0.1) is 35.2 Å². The molecule has 1 saturated heterocycles. The van der Waals surface area contributed by atoms with Crippen molar-refractivity contribution in [2.45, 2.75) is 11.8 Å². The van der Waals surface area contributed by atoms with E-state index in [1.807, 2.05) is 4.90 Å². The number of benzene rings is 1. The molecular weight excluding hydrogens is 332 g/mol. The van der Waals surface area contributed by atoms with Gasteiger partial charge >= 0.3 is 0 Å². The van der Waals surface area contributed by atoms with Crippen LogP contribution in [0.3, 0.4) is 0 Å². The number of sulfone groups is 1. The number of nitrogens with zero attached hydrogens (tertiary/aromatic N) is 3. The first-order chi connectivity index (χ1) is 11.3. The lowest BCUT2D eigenvalue weighted by Gasteiger charge is -2.30. The number of ether oxygens (including phenoxy) is 1. The quantitative estimate of drug-likeness (QED) is 0.489. The molecule has 1 heterocycles. The molecular formula is C14H22N6O3S. The van der Waals surface area contributed by atoms with E-state index in [1.165, 1.54) is 6.07 Å². The topological polar surface area (TPSA) is 149 Å². The average molecular weight is 354 g/mol. The molecule has 1 aromatic rings. The molecule has 132 valence electrons. The van der Waals surface area contributed by atoms with E-state index in [0.717, 1.165) is 5.69 Å². The molecule has 1 aliphatic rings. The third-order valence-corrected chi connectivity index (χ3v) is 5.25. The molecule has 2 rings (SSSR count). The van der Waals surface area contributed by atoms with Crippen LogP contribution in [0, 0.1) is 0 Å². The van der Waals surface area contributed by atoms with Crippen LogP contribution in [0.4, 0.5) is 11.4 Å². The summed E-state index contributed by atoms with van der Waals surface area (Å²) < 4.78 is 29.6. The normalized spacial score (nSPS) is 16.0. The minimum absolute atomic E-state index is 0.00353. The molecule has 0 atom stereocenters. The summed E-state index contributed by atoms with van der Waals surface area (Å²) >= 11 is 0. The van der Waals surface area contributed by atoms with Crippen LogP contribution < -0.4 is 22.1 Å². The van der Waals surface area contributed by atoms with Gasteiger partial charge in [-0.3, -0.25) is 0 Å². The minimum atomic E-state index is -3.37. The van der Waals surface area contributed by atoms with E-state index < -0.39 is 9.84 Å². The summed E-state index contributed by atoms with van der Waals surface area (Å²) in [5.74, 6) is -0.367. The van der Waals surface area contributed by atoms with E-state index in [4.69, 9.17) is 21.9 Å². The highest BCUT2D eigenvalue weighted by molar-refractivity contribution is 7.91. The molecule has 24 heavy (non-hydrogen) atoms. The second-order valence-electron chi connectivity index (χ2n) is 5.16. The van der Waals surface area contributed by atoms with Gasteiger partial charge in [-0.15, -0.1) is 0 Å². The molecule has 0 amide bonds. The highest BCUT2D eigenvalue weighted by atomic mass is 32.2. The van der Waals surface area contributed by atoms with E-state index in [-0.39, 0.29) is 22.6 Å². The van der Waals surface area contributed by atoms with Gasteiger partial charge in [0.2, 0.25) is 5.96 Å². The number of guanidine groups is 2. The number of morpholine rings is 1. The van der Waals surface area contributed by atoms with E-state index in [1.54, 1.807) is 19.1 Å². The zero-order valence-electron chi connectivity index (χ0n) is 13.5. The van der Waals surface area contributed by atoms with E-state index in [0.29, 0.717) is 32.0 Å². The molecule has 10 heteroatoms. The minimum Gasteiger partial charge on any atom is -0.378 e. The second kappa shape index (κ2) is 7.49. The first-order valence-electron chi connectivity index (χ1n) is 7.47. The Morgan fingerprint density at radius 1 is 1.25 bits per heavy atom. The number of anilines is 1. The zero-order chi connectivity index (χ0) is 17.7. The van der Waals surface area contributed by atoms with Gasteiger partial charge in [-0.1, -0.05) is 6.92 Å². The van der Waals surface area contributed by atoms with Gasteiger partial charge in [0.25, 0.3) is 0 Å². The molecule has 1 fully saturated rings. The lowest BCUT2D eigenvalue weighted by atomic mass is 10.2. The summed E-state index contributed by atoms with van der Waals surface area (Å²) in [5, 5.41) is 0.